The summed E-state index contributed by atoms with van der Waals surface area (Å²) >= 11 is 0. The van der Waals surface area contributed by atoms with Gasteiger partial charge in [0.25, 0.3) is 0 Å². The lowest BCUT2D eigenvalue weighted by atomic mass is 9.91. The molecule has 0 N–H and O–H groups in total. The Morgan fingerprint density at radius 3 is 2.50 bits per heavy atom. The molecule has 0 spiro atoms. The summed E-state index contributed by atoms with van der Waals surface area (Å²) in [4.78, 5) is 10.7. The zero-order valence-corrected chi connectivity index (χ0v) is 10.1. The zero-order valence-electron chi connectivity index (χ0n) is 10.1. The fraction of sp³-hybridized carbons (Fsp3) is 0.400. The molecule has 1 rings (SSSR count). The minimum atomic E-state index is 0.370. The van der Waals surface area contributed by atoms with Gasteiger partial charge in [0.1, 0.15) is 6.29 Å². The van der Waals surface area contributed by atoms with Crippen molar-refractivity contribution >= 4 is 6.29 Å². The van der Waals surface area contributed by atoms with Gasteiger partial charge in [-0.1, -0.05) is 42.0 Å². The molecule has 0 amide bonds. The van der Waals surface area contributed by atoms with Crippen LogP contribution in [0.4, 0.5) is 0 Å². The summed E-state index contributed by atoms with van der Waals surface area (Å²) in [6.45, 7) is 4.22. The van der Waals surface area contributed by atoms with Gasteiger partial charge < -0.3 is 4.79 Å². The van der Waals surface area contributed by atoms with Crippen LogP contribution in [-0.2, 0) is 4.79 Å². The molecule has 0 aliphatic rings. The first-order valence-corrected chi connectivity index (χ1v) is 5.86. The average Bonchev–Trinajstić information content (AvgIpc) is 2.29. The summed E-state index contributed by atoms with van der Waals surface area (Å²) < 4.78 is 0. The van der Waals surface area contributed by atoms with Crippen molar-refractivity contribution in [2.24, 2.45) is 0 Å². The highest BCUT2D eigenvalue weighted by Gasteiger charge is 2.09. The molecule has 1 heteroatoms. The Morgan fingerprint density at radius 1 is 1.25 bits per heavy atom. The van der Waals surface area contributed by atoms with Crippen molar-refractivity contribution in [3.63, 3.8) is 0 Å². The maximum Gasteiger partial charge on any atom is 0.120 e. The van der Waals surface area contributed by atoms with E-state index in [0.717, 1.165) is 19.1 Å². The van der Waals surface area contributed by atoms with E-state index in [2.05, 4.69) is 32.1 Å². The molecule has 0 heterocycles. The number of aldehydes is 1. The topological polar surface area (TPSA) is 17.1 Å². The number of hydrogen-bond donors (Lipinski definition) is 0. The van der Waals surface area contributed by atoms with Crippen molar-refractivity contribution in [1.82, 2.24) is 0 Å². The smallest absolute Gasteiger partial charge is 0.120 e. The Bertz CT molecular complexity index is 334. The first-order valence-electron chi connectivity index (χ1n) is 5.86. The monoisotopic (exact) mass is 216 g/mol. The highest BCUT2D eigenvalue weighted by atomic mass is 16.1. The van der Waals surface area contributed by atoms with Crippen molar-refractivity contribution in [3.8, 4) is 0 Å². The molecule has 0 saturated carbocycles. The maximum atomic E-state index is 10.7. The Labute approximate surface area is 98.2 Å². The lowest BCUT2D eigenvalue weighted by molar-refractivity contribution is -0.108. The van der Waals surface area contributed by atoms with E-state index in [4.69, 9.17) is 0 Å². The number of rotatable bonds is 6. The molecule has 1 aromatic carbocycles. The molecule has 0 radical (unpaired) electrons. The van der Waals surface area contributed by atoms with Gasteiger partial charge >= 0.3 is 0 Å². The van der Waals surface area contributed by atoms with E-state index in [1.165, 1.54) is 11.1 Å². The summed E-state index contributed by atoms with van der Waals surface area (Å²) in [6.07, 6.45) is 5.99. The predicted molar refractivity (Wildman–Crippen MR) is 68.5 cm³/mol. The molecule has 1 unspecified atom stereocenters. The molecule has 0 saturated heterocycles. The summed E-state index contributed by atoms with van der Waals surface area (Å²) in [7, 11) is 0. The van der Waals surface area contributed by atoms with Gasteiger partial charge in [0.05, 0.1) is 0 Å². The largest absolute Gasteiger partial charge is 0.303 e. The zero-order chi connectivity index (χ0) is 11.8. The summed E-state index contributed by atoms with van der Waals surface area (Å²) in [5.41, 5.74) is 2.62. The lowest BCUT2D eigenvalue weighted by Crippen LogP contribution is -1.99. The van der Waals surface area contributed by atoms with Crippen molar-refractivity contribution in [2.75, 3.05) is 0 Å². The van der Waals surface area contributed by atoms with Gasteiger partial charge in [0.2, 0.25) is 0 Å². The minimum Gasteiger partial charge on any atom is -0.303 e. The second kappa shape index (κ2) is 7.00. The molecule has 1 aromatic rings. The third-order valence-electron chi connectivity index (χ3n) is 2.72. The molecule has 0 fully saturated rings. The van der Waals surface area contributed by atoms with Crippen molar-refractivity contribution in [3.05, 3.63) is 47.5 Å². The number of carbonyl (C=O) groups excluding carboxylic acids is 1. The van der Waals surface area contributed by atoms with Crippen LogP contribution in [0, 0.1) is 0 Å². The normalized spacial score (nSPS) is 11.9. The molecule has 0 aromatic heterocycles. The van der Waals surface area contributed by atoms with Crippen LogP contribution in [0.15, 0.2) is 42.0 Å². The van der Waals surface area contributed by atoms with Crippen LogP contribution >= 0.6 is 0 Å². The highest BCUT2D eigenvalue weighted by Crippen LogP contribution is 2.24. The number of carbonyl (C=O) groups is 1. The van der Waals surface area contributed by atoms with Gasteiger partial charge in [-0.3, -0.25) is 0 Å². The van der Waals surface area contributed by atoms with E-state index in [1.54, 1.807) is 0 Å². The summed E-state index contributed by atoms with van der Waals surface area (Å²) in [6, 6.07) is 10.3. The molecule has 16 heavy (non-hydrogen) atoms. The highest BCUT2D eigenvalue weighted by molar-refractivity contribution is 5.51. The van der Waals surface area contributed by atoms with Crippen molar-refractivity contribution in [1.29, 1.82) is 0 Å². The quantitative estimate of drug-likeness (QED) is 0.516. The molecule has 0 aliphatic heterocycles. The van der Waals surface area contributed by atoms with Crippen LogP contribution in [0.5, 0.6) is 0 Å². The molecule has 0 bridgehead atoms. The first-order chi connectivity index (χ1) is 7.74. The second-order valence-corrected chi connectivity index (χ2v) is 4.37. The molecule has 86 valence electrons. The summed E-state index contributed by atoms with van der Waals surface area (Å²) in [5.74, 6) is 0.370. The fourth-order valence-electron chi connectivity index (χ4n) is 1.84. The molecule has 1 atom stereocenters. The number of allylic oxidation sites excluding steroid dienone is 2. The molecular weight excluding hydrogens is 196 g/mol. The van der Waals surface area contributed by atoms with E-state index in [-0.39, 0.29) is 0 Å². The van der Waals surface area contributed by atoms with Crippen LogP contribution in [0.2, 0.25) is 0 Å². The lowest BCUT2D eigenvalue weighted by Gasteiger charge is -2.13. The molecular formula is C15H20O. The van der Waals surface area contributed by atoms with E-state index in [9.17, 15) is 4.79 Å². The Morgan fingerprint density at radius 2 is 1.94 bits per heavy atom. The van der Waals surface area contributed by atoms with Crippen molar-refractivity contribution in [2.45, 2.75) is 39.0 Å². The second-order valence-electron chi connectivity index (χ2n) is 4.37. The van der Waals surface area contributed by atoms with E-state index in [0.29, 0.717) is 12.3 Å². The number of hydrogen-bond acceptors (Lipinski definition) is 1. The Hall–Kier alpha value is -1.37. The minimum absolute atomic E-state index is 0.370. The van der Waals surface area contributed by atoms with Gasteiger partial charge in [-0.2, -0.15) is 0 Å². The van der Waals surface area contributed by atoms with Crippen LogP contribution < -0.4 is 0 Å². The van der Waals surface area contributed by atoms with Gasteiger partial charge in [0.15, 0.2) is 0 Å². The number of benzene rings is 1. The first kappa shape index (κ1) is 12.7. The summed E-state index contributed by atoms with van der Waals surface area (Å²) in [5, 5.41) is 0. The van der Waals surface area contributed by atoms with Gasteiger partial charge in [0, 0.05) is 6.42 Å². The van der Waals surface area contributed by atoms with Crippen LogP contribution in [0.1, 0.15) is 44.6 Å². The molecule has 1 nitrogen and oxygen atoms in total. The Balaban J connectivity index is 2.61. The third-order valence-corrected chi connectivity index (χ3v) is 2.72. The van der Waals surface area contributed by atoms with E-state index in [1.807, 2.05) is 18.2 Å². The molecule has 0 aliphatic carbocycles. The van der Waals surface area contributed by atoms with Crippen LogP contribution in [0.3, 0.4) is 0 Å². The average molecular weight is 216 g/mol. The Kier molecular flexibility index (Phi) is 5.55. The van der Waals surface area contributed by atoms with E-state index < -0.39 is 0 Å². The predicted octanol–water partition coefficient (Wildman–Crippen LogP) is 4.11. The maximum absolute atomic E-state index is 10.7. The van der Waals surface area contributed by atoms with Crippen molar-refractivity contribution < 1.29 is 4.79 Å². The third kappa shape index (κ3) is 4.43. The fourth-order valence-corrected chi connectivity index (χ4v) is 1.84. The van der Waals surface area contributed by atoms with Gasteiger partial charge in [-0.05, 0) is 38.2 Å². The van der Waals surface area contributed by atoms with E-state index >= 15 is 0 Å². The van der Waals surface area contributed by atoms with Crippen LogP contribution in [-0.4, -0.2) is 6.29 Å². The standard InChI is InChI=1S/C15H20O/c1-13(2)7-6-10-15(11-12-16)14-8-4-3-5-9-14/h3-5,7-9,12,15H,6,10-11H2,1-2H3. The van der Waals surface area contributed by atoms with Gasteiger partial charge in [-0.25, -0.2) is 0 Å². The SMILES string of the molecule is CC(C)=CCCC(CC=O)c1ccccc1. The van der Waals surface area contributed by atoms with Gasteiger partial charge in [-0.15, -0.1) is 0 Å². The van der Waals surface area contributed by atoms with Crippen LogP contribution in [0.25, 0.3) is 0 Å².